The van der Waals surface area contributed by atoms with Gasteiger partial charge in [-0.3, -0.25) is 41.9 Å². The third-order valence-corrected chi connectivity index (χ3v) is 4.50. The largest absolute Gasteiger partial charge is 0.337 e. The number of carbonyl (C=O) groups excluding carboxylic acids is 2. The van der Waals surface area contributed by atoms with Crippen LogP contribution < -0.4 is 32.3 Å². The zero-order valence-electron chi connectivity index (χ0n) is 18.2. The molecule has 0 atom stereocenters. The first-order chi connectivity index (χ1) is 16.7. The van der Waals surface area contributed by atoms with E-state index in [2.05, 4.69) is 32.3 Å². The summed E-state index contributed by atoms with van der Waals surface area (Å²) in [6.45, 7) is 1.75. The molecule has 0 bridgehead atoms. The summed E-state index contributed by atoms with van der Waals surface area (Å²) in [5.74, 6) is 0. The molecule has 6 N–H and O–H groups in total. The van der Waals surface area contributed by atoms with Crippen LogP contribution in [0.4, 0.5) is 43.7 Å². The second kappa shape index (κ2) is 11.0. The van der Waals surface area contributed by atoms with Crippen molar-refractivity contribution in [2.75, 3.05) is 21.5 Å². The number of amides is 4. The molecule has 0 spiro atoms. The molecule has 0 unspecified atom stereocenters. The van der Waals surface area contributed by atoms with Gasteiger partial charge in [-0.25, -0.2) is 9.59 Å². The standard InChI is InChI=1S/C21H20N8O6/c1-13-8-9-14(22-20(30)26-24-15-4-2-6-17(10-15)28(32)33)12-19(13)23-21(31)27-25-16-5-3-7-18(11-16)29(34)35/h2-12,24-25H,1H3,(H2,22,26,30)(H2,23,27,31). The van der Waals surface area contributed by atoms with Crippen LogP contribution in [-0.2, 0) is 0 Å². The van der Waals surface area contributed by atoms with Gasteiger partial charge < -0.3 is 10.6 Å². The number of benzene rings is 3. The van der Waals surface area contributed by atoms with Crippen molar-refractivity contribution in [1.29, 1.82) is 0 Å². The van der Waals surface area contributed by atoms with Gasteiger partial charge in [-0.05, 0) is 36.8 Å². The minimum absolute atomic E-state index is 0.134. The molecule has 0 fully saturated rings. The fourth-order valence-electron chi connectivity index (χ4n) is 2.80. The number of rotatable bonds is 8. The third-order valence-electron chi connectivity index (χ3n) is 4.50. The van der Waals surface area contributed by atoms with E-state index in [0.29, 0.717) is 28.3 Å². The molecule has 0 aromatic heterocycles. The zero-order valence-corrected chi connectivity index (χ0v) is 18.2. The minimum atomic E-state index is -0.650. The van der Waals surface area contributed by atoms with E-state index in [4.69, 9.17) is 0 Å². The molecular weight excluding hydrogens is 460 g/mol. The van der Waals surface area contributed by atoms with Crippen LogP contribution in [0, 0.1) is 27.2 Å². The molecule has 14 heteroatoms. The van der Waals surface area contributed by atoms with Crippen LogP contribution >= 0.6 is 0 Å². The normalized spacial score (nSPS) is 9.97. The molecule has 3 aromatic carbocycles. The molecule has 3 aromatic rings. The Morgan fingerprint density at radius 2 is 1.20 bits per heavy atom. The number of hydrogen-bond acceptors (Lipinski definition) is 8. The summed E-state index contributed by atoms with van der Waals surface area (Å²) in [4.78, 5) is 45.0. The van der Waals surface area contributed by atoms with Gasteiger partial charge in [0.15, 0.2) is 0 Å². The van der Waals surface area contributed by atoms with Crippen molar-refractivity contribution in [3.05, 3.63) is 92.5 Å². The van der Waals surface area contributed by atoms with Gasteiger partial charge >= 0.3 is 12.1 Å². The number of urea groups is 2. The molecule has 0 aliphatic rings. The highest BCUT2D eigenvalue weighted by Crippen LogP contribution is 2.21. The Labute approximate surface area is 198 Å². The lowest BCUT2D eigenvalue weighted by Crippen LogP contribution is -2.34. The van der Waals surface area contributed by atoms with Gasteiger partial charge in [-0.1, -0.05) is 18.2 Å². The molecule has 4 amide bonds. The monoisotopic (exact) mass is 480 g/mol. The molecule has 0 aliphatic carbocycles. The Bertz CT molecular complexity index is 1280. The minimum Gasteiger partial charge on any atom is -0.307 e. The molecule has 180 valence electrons. The van der Waals surface area contributed by atoms with Crippen LogP contribution in [0.3, 0.4) is 0 Å². The molecule has 0 radical (unpaired) electrons. The molecule has 0 heterocycles. The third kappa shape index (κ3) is 7.04. The second-order valence-electron chi connectivity index (χ2n) is 7.05. The van der Waals surface area contributed by atoms with E-state index in [1.165, 1.54) is 42.5 Å². The fourth-order valence-corrected chi connectivity index (χ4v) is 2.80. The van der Waals surface area contributed by atoms with E-state index in [-0.39, 0.29) is 11.4 Å². The van der Waals surface area contributed by atoms with E-state index in [0.717, 1.165) is 0 Å². The van der Waals surface area contributed by atoms with Crippen LogP contribution in [0.2, 0.25) is 0 Å². The Kier molecular flexibility index (Phi) is 7.59. The highest BCUT2D eigenvalue weighted by Gasteiger charge is 2.10. The van der Waals surface area contributed by atoms with Crippen LogP contribution in [0.15, 0.2) is 66.7 Å². The maximum atomic E-state index is 12.2. The van der Waals surface area contributed by atoms with Crippen LogP contribution in [0.25, 0.3) is 0 Å². The predicted octanol–water partition coefficient (Wildman–Crippen LogP) is 4.11. The predicted molar refractivity (Wildman–Crippen MR) is 129 cm³/mol. The van der Waals surface area contributed by atoms with Crippen molar-refractivity contribution in [3.63, 3.8) is 0 Å². The molecule has 0 saturated heterocycles. The Hall–Kier alpha value is -5.40. The Morgan fingerprint density at radius 1 is 0.686 bits per heavy atom. The quantitative estimate of drug-likeness (QED) is 0.205. The molecule has 0 aliphatic heterocycles. The maximum absolute atomic E-state index is 12.2. The number of anilines is 4. The first-order valence-electron chi connectivity index (χ1n) is 9.97. The van der Waals surface area contributed by atoms with E-state index in [9.17, 15) is 29.8 Å². The molecule has 35 heavy (non-hydrogen) atoms. The zero-order chi connectivity index (χ0) is 25.4. The van der Waals surface area contributed by atoms with Crippen LogP contribution in [0.5, 0.6) is 0 Å². The molecular formula is C21H20N8O6. The first kappa shape index (κ1) is 24.2. The van der Waals surface area contributed by atoms with Gasteiger partial charge in [0, 0.05) is 35.6 Å². The number of aryl methyl sites for hydroxylation is 1. The number of hydrogen-bond donors (Lipinski definition) is 6. The van der Waals surface area contributed by atoms with Gasteiger partial charge in [0.05, 0.1) is 21.2 Å². The molecule has 3 rings (SSSR count). The smallest absolute Gasteiger partial charge is 0.307 e. The number of nitrogens with one attached hydrogen (secondary N) is 6. The number of hydrazine groups is 2. The van der Waals surface area contributed by atoms with Gasteiger partial charge in [0.1, 0.15) is 0 Å². The average Bonchev–Trinajstić information content (AvgIpc) is 2.84. The van der Waals surface area contributed by atoms with Crippen molar-refractivity contribution in [2.45, 2.75) is 6.92 Å². The number of non-ortho nitro benzene ring substituents is 2. The fraction of sp³-hybridized carbons (Fsp3) is 0.0476. The lowest BCUT2D eigenvalue weighted by Gasteiger charge is -2.14. The number of carbonyl (C=O) groups is 2. The summed E-state index contributed by atoms with van der Waals surface area (Å²) in [5.41, 5.74) is 11.7. The summed E-state index contributed by atoms with van der Waals surface area (Å²) >= 11 is 0. The highest BCUT2D eigenvalue weighted by atomic mass is 16.6. The van der Waals surface area contributed by atoms with Crippen molar-refractivity contribution < 1.29 is 19.4 Å². The molecule has 0 saturated carbocycles. The lowest BCUT2D eigenvalue weighted by atomic mass is 10.2. The van der Waals surface area contributed by atoms with Gasteiger partial charge in [0.2, 0.25) is 0 Å². The van der Waals surface area contributed by atoms with Crippen LogP contribution in [0.1, 0.15) is 5.56 Å². The van der Waals surface area contributed by atoms with Crippen LogP contribution in [-0.4, -0.2) is 21.9 Å². The molecule has 14 nitrogen and oxygen atoms in total. The van der Waals surface area contributed by atoms with E-state index in [1.54, 1.807) is 31.2 Å². The number of nitro benzene ring substituents is 2. The summed E-state index contributed by atoms with van der Waals surface area (Å²) < 4.78 is 0. The Balaban J connectivity index is 1.55. The van der Waals surface area contributed by atoms with Gasteiger partial charge in [0.25, 0.3) is 11.4 Å². The van der Waals surface area contributed by atoms with E-state index < -0.39 is 21.9 Å². The number of nitro groups is 2. The topological polar surface area (TPSA) is 193 Å². The van der Waals surface area contributed by atoms with Crippen molar-refractivity contribution in [1.82, 2.24) is 10.9 Å². The summed E-state index contributed by atoms with van der Waals surface area (Å²) in [5, 5.41) is 26.9. The second-order valence-corrected chi connectivity index (χ2v) is 7.05. The van der Waals surface area contributed by atoms with Crippen molar-refractivity contribution in [3.8, 4) is 0 Å². The van der Waals surface area contributed by atoms with E-state index >= 15 is 0 Å². The van der Waals surface area contributed by atoms with Gasteiger partial charge in [-0.15, -0.1) is 0 Å². The Morgan fingerprint density at radius 3 is 1.71 bits per heavy atom. The lowest BCUT2D eigenvalue weighted by molar-refractivity contribution is -0.385. The van der Waals surface area contributed by atoms with Crippen molar-refractivity contribution >= 4 is 46.2 Å². The SMILES string of the molecule is Cc1ccc(NC(=O)NNc2cccc([N+](=O)[O-])c2)cc1NC(=O)NNc1cccc([N+](=O)[O-])c1. The number of nitrogens with zero attached hydrogens (tertiary/aromatic N) is 2. The average molecular weight is 480 g/mol. The summed E-state index contributed by atoms with van der Waals surface area (Å²) in [6.07, 6.45) is 0. The summed E-state index contributed by atoms with van der Waals surface area (Å²) in [6, 6.07) is 14.7. The van der Waals surface area contributed by atoms with E-state index in [1.807, 2.05) is 0 Å². The van der Waals surface area contributed by atoms with Crippen molar-refractivity contribution in [2.24, 2.45) is 0 Å². The first-order valence-corrected chi connectivity index (χ1v) is 9.97. The summed E-state index contributed by atoms with van der Waals surface area (Å²) in [7, 11) is 0. The van der Waals surface area contributed by atoms with Gasteiger partial charge in [-0.2, -0.15) is 0 Å². The highest BCUT2D eigenvalue weighted by molar-refractivity contribution is 5.94. The maximum Gasteiger partial charge on any atom is 0.337 e.